The van der Waals surface area contributed by atoms with Gasteiger partial charge in [-0.2, -0.15) is 5.10 Å². The molecule has 0 spiro atoms. The summed E-state index contributed by atoms with van der Waals surface area (Å²) >= 11 is 17.1. The minimum atomic E-state index is -0.0955. The highest BCUT2D eigenvalue weighted by Crippen LogP contribution is 2.28. The van der Waals surface area contributed by atoms with E-state index in [1.807, 2.05) is 13.8 Å². The summed E-state index contributed by atoms with van der Waals surface area (Å²) in [6.07, 6.45) is 1.58. The normalized spacial score (nSPS) is 18.0. The third kappa shape index (κ3) is 7.46. The van der Waals surface area contributed by atoms with Crippen LogP contribution in [-0.2, 0) is 9.53 Å². The fourth-order valence-corrected chi connectivity index (χ4v) is 3.86. The Balaban J connectivity index is 1.53. The zero-order chi connectivity index (χ0) is 24.7. The summed E-state index contributed by atoms with van der Waals surface area (Å²) in [7, 11) is 1.53. The number of hydrazone groups is 1. The monoisotopic (exact) mass is 524 g/mol. The Morgan fingerprint density at radius 1 is 1.18 bits per heavy atom. The number of benzene rings is 2. The number of thiocarbonyl (C=S) groups is 1. The van der Waals surface area contributed by atoms with Gasteiger partial charge in [-0.05, 0) is 68.0 Å². The Bertz CT molecular complexity index is 1060. The molecule has 1 saturated heterocycles. The molecular formula is C23H26Cl2N4O4S. The van der Waals surface area contributed by atoms with Crippen LogP contribution in [0.25, 0.3) is 0 Å². The molecule has 2 aromatic carbocycles. The molecule has 2 N–H and O–H groups in total. The summed E-state index contributed by atoms with van der Waals surface area (Å²) in [5, 5.41) is 8.25. The number of carbonyl (C=O) groups excluding carboxylic acids is 1. The lowest BCUT2D eigenvalue weighted by Crippen LogP contribution is -2.49. The molecular weight excluding hydrogens is 499 g/mol. The highest BCUT2D eigenvalue weighted by atomic mass is 35.5. The second-order valence-corrected chi connectivity index (χ2v) is 8.93. The van der Waals surface area contributed by atoms with E-state index < -0.39 is 0 Å². The first-order valence-corrected chi connectivity index (χ1v) is 11.7. The molecule has 2 aromatic rings. The van der Waals surface area contributed by atoms with Crippen LogP contribution in [0, 0.1) is 0 Å². The van der Waals surface area contributed by atoms with Crippen molar-refractivity contribution in [3.63, 3.8) is 0 Å². The molecule has 1 aliphatic rings. The summed E-state index contributed by atoms with van der Waals surface area (Å²) in [5.41, 5.74) is 4.16. The molecule has 0 aromatic heterocycles. The third-order valence-corrected chi connectivity index (χ3v) is 5.80. The fraction of sp³-hybridized carbons (Fsp3) is 0.348. The van der Waals surface area contributed by atoms with E-state index in [0.29, 0.717) is 40.3 Å². The number of rotatable bonds is 7. The molecule has 1 heterocycles. The number of ether oxygens (including phenoxy) is 3. The number of morpholine rings is 1. The molecule has 1 amide bonds. The lowest BCUT2D eigenvalue weighted by Gasteiger charge is -2.35. The molecule has 2 atom stereocenters. The van der Waals surface area contributed by atoms with Gasteiger partial charge in [0.05, 0.1) is 35.6 Å². The number of carbonyl (C=O) groups is 1. The zero-order valence-corrected chi connectivity index (χ0v) is 21.3. The Hall–Kier alpha value is -2.59. The van der Waals surface area contributed by atoms with Crippen LogP contribution in [0.4, 0.5) is 5.69 Å². The quantitative estimate of drug-likeness (QED) is 0.316. The Labute approximate surface area is 214 Å². The second-order valence-electron chi connectivity index (χ2n) is 7.71. The van der Waals surface area contributed by atoms with Crippen LogP contribution >= 0.6 is 35.4 Å². The number of hydrogen-bond donors (Lipinski definition) is 2. The molecule has 34 heavy (non-hydrogen) atoms. The van der Waals surface area contributed by atoms with Crippen molar-refractivity contribution in [3.05, 3.63) is 52.0 Å². The first-order valence-electron chi connectivity index (χ1n) is 10.5. The molecule has 0 saturated carbocycles. The molecule has 11 heteroatoms. The molecule has 1 fully saturated rings. The lowest BCUT2D eigenvalue weighted by atomic mass is 10.2. The van der Waals surface area contributed by atoms with Gasteiger partial charge < -0.3 is 24.4 Å². The number of anilines is 1. The van der Waals surface area contributed by atoms with Gasteiger partial charge in [-0.1, -0.05) is 23.2 Å². The first kappa shape index (κ1) is 26.0. The average molecular weight is 525 g/mol. The van der Waals surface area contributed by atoms with Gasteiger partial charge in [-0.15, -0.1) is 0 Å². The minimum Gasteiger partial charge on any atom is -0.493 e. The van der Waals surface area contributed by atoms with E-state index in [0.717, 1.165) is 5.56 Å². The van der Waals surface area contributed by atoms with Crippen molar-refractivity contribution in [3.8, 4) is 11.5 Å². The van der Waals surface area contributed by atoms with Crippen LogP contribution in [-0.4, -0.2) is 61.1 Å². The van der Waals surface area contributed by atoms with Gasteiger partial charge in [-0.25, -0.2) is 0 Å². The molecule has 0 unspecified atom stereocenters. The topological polar surface area (TPSA) is 84.4 Å². The summed E-state index contributed by atoms with van der Waals surface area (Å²) in [6, 6.07) is 10.4. The number of nitrogens with one attached hydrogen (secondary N) is 2. The molecule has 3 rings (SSSR count). The standard InChI is InChI=1S/C23H26Cl2N4O4S/c1-14-11-29(12-15(2)33-14)22(30)13-32-20-7-4-16(8-21(20)31-3)10-26-28-23(34)27-17-5-6-18(24)19(25)9-17/h4-10,14-15H,11-13H2,1-3H3,(H2,27,28,34)/b26-10-/t14-,15-/m1/s1. The van der Waals surface area contributed by atoms with E-state index in [1.54, 1.807) is 47.5 Å². The van der Waals surface area contributed by atoms with Crippen LogP contribution < -0.4 is 20.2 Å². The van der Waals surface area contributed by atoms with Crippen molar-refractivity contribution in [1.29, 1.82) is 0 Å². The molecule has 8 nitrogen and oxygen atoms in total. The van der Waals surface area contributed by atoms with Crippen LogP contribution in [0.2, 0.25) is 10.0 Å². The summed E-state index contributed by atoms with van der Waals surface area (Å²) in [4.78, 5) is 14.3. The Kier molecular flexibility index (Phi) is 9.35. The lowest BCUT2D eigenvalue weighted by molar-refractivity contribution is -0.145. The Morgan fingerprint density at radius 3 is 2.59 bits per heavy atom. The van der Waals surface area contributed by atoms with Gasteiger partial charge in [0.25, 0.3) is 5.91 Å². The molecule has 0 aliphatic carbocycles. The summed E-state index contributed by atoms with van der Waals surface area (Å²) in [6.45, 7) is 4.91. The van der Waals surface area contributed by atoms with Crippen molar-refractivity contribution in [1.82, 2.24) is 10.3 Å². The highest BCUT2D eigenvalue weighted by molar-refractivity contribution is 7.80. The van der Waals surface area contributed by atoms with Crippen LogP contribution in [0.1, 0.15) is 19.4 Å². The van der Waals surface area contributed by atoms with Gasteiger partial charge in [0, 0.05) is 18.8 Å². The van der Waals surface area contributed by atoms with Gasteiger partial charge in [0.2, 0.25) is 0 Å². The molecule has 0 radical (unpaired) electrons. The van der Waals surface area contributed by atoms with Gasteiger partial charge in [-0.3, -0.25) is 10.2 Å². The number of halogens is 2. The third-order valence-electron chi connectivity index (χ3n) is 4.87. The number of methoxy groups -OCH3 is 1. The van der Waals surface area contributed by atoms with Gasteiger partial charge in [0.15, 0.2) is 23.2 Å². The largest absolute Gasteiger partial charge is 0.493 e. The molecule has 182 valence electrons. The molecule has 1 aliphatic heterocycles. The maximum Gasteiger partial charge on any atom is 0.260 e. The van der Waals surface area contributed by atoms with E-state index >= 15 is 0 Å². The van der Waals surface area contributed by atoms with Crippen molar-refractivity contribution in [2.24, 2.45) is 5.10 Å². The predicted molar refractivity (Wildman–Crippen MR) is 138 cm³/mol. The average Bonchev–Trinajstić information content (AvgIpc) is 2.79. The fourth-order valence-electron chi connectivity index (χ4n) is 3.39. The maximum atomic E-state index is 12.5. The number of hydrogen-bond acceptors (Lipinski definition) is 6. The summed E-state index contributed by atoms with van der Waals surface area (Å²) in [5.74, 6) is 0.853. The van der Waals surface area contributed by atoms with Crippen LogP contribution in [0.5, 0.6) is 11.5 Å². The minimum absolute atomic E-state index is 0.00138. The van der Waals surface area contributed by atoms with Gasteiger partial charge in [0.1, 0.15) is 0 Å². The van der Waals surface area contributed by atoms with E-state index in [2.05, 4.69) is 15.8 Å². The second kappa shape index (κ2) is 12.2. The van der Waals surface area contributed by atoms with E-state index in [4.69, 9.17) is 49.6 Å². The number of amides is 1. The van der Waals surface area contributed by atoms with Crippen LogP contribution in [0.15, 0.2) is 41.5 Å². The van der Waals surface area contributed by atoms with Gasteiger partial charge >= 0.3 is 0 Å². The smallest absolute Gasteiger partial charge is 0.260 e. The highest BCUT2D eigenvalue weighted by Gasteiger charge is 2.26. The van der Waals surface area contributed by atoms with Crippen molar-refractivity contribution >= 4 is 58.3 Å². The maximum absolute atomic E-state index is 12.5. The predicted octanol–water partition coefficient (Wildman–Crippen LogP) is 4.34. The van der Waals surface area contributed by atoms with Crippen molar-refractivity contribution in [2.75, 3.05) is 32.1 Å². The SMILES string of the molecule is COc1cc(/C=N\NC(=S)Nc2ccc(Cl)c(Cl)c2)ccc1OCC(=O)N1C[C@@H](C)O[C@H](C)C1. The van der Waals surface area contributed by atoms with Crippen molar-refractivity contribution < 1.29 is 19.0 Å². The Morgan fingerprint density at radius 2 is 1.91 bits per heavy atom. The van der Waals surface area contributed by atoms with E-state index in [-0.39, 0.29) is 29.8 Å². The zero-order valence-electron chi connectivity index (χ0n) is 19.0. The first-order chi connectivity index (χ1) is 16.2. The van der Waals surface area contributed by atoms with E-state index in [9.17, 15) is 4.79 Å². The van der Waals surface area contributed by atoms with E-state index in [1.165, 1.54) is 7.11 Å². The summed E-state index contributed by atoms with van der Waals surface area (Å²) < 4.78 is 16.8. The number of nitrogens with zero attached hydrogens (tertiary/aromatic N) is 2. The molecule has 0 bridgehead atoms. The van der Waals surface area contributed by atoms with Crippen molar-refractivity contribution in [2.45, 2.75) is 26.1 Å². The van der Waals surface area contributed by atoms with Crippen LogP contribution in [0.3, 0.4) is 0 Å².